The van der Waals surface area contributed by atoms with Gasteiger partial charge in [-0.3, -0.25) is 4.57 Å². The Balaban J connectivity index is 1.17. The van der Waals surface area contributed by atoms with Crippen LogP contribution < -0.4 is 0 Å². The monoisotopic (exact) mass is 749 g/mol. The summed E-state index contributed by atoms with van der Waals surface area (Å²) in [5.41, 5.74) is 13.0. The third-order valence-electron chi connectivity index (χ3n) is 12.7. The fourth-order valence-electron chi connectivity index (χ4n) is 10.2. The fraction of sp³-hybridized carbons (Fsp3) is 0. The topological polar surface area (TPSA) is 40.0 Å². The molecule has 0 saturated heterocycles. The van der Waals surface area contributed by atoms with Gasteiger partial charge in [0, 0.05) is 54.3 Å². The predicted octanol–water partition coefficient (Wildman–Crippen LogP) is 13.8. The van der Waals surface area contributed by atoms with Crippen LogP contribution in [0.25, 0.3) is 126 Å². The third kappa shape index (κ3) is 4.08. The van der Waals surface area contributed by atoms with Crippen molar-refractivity contribution in [3.63, 3.8) is 0 Å². The Bertz CT molecular complexity index is 4070. The van der Waals surface area contributed by atoms with E-state index in [2.05, 4.69) is 202 Å². The second kappa shape index (κ2) is 11.3. The van der Waals surface area contributed by atoms with Gasteiger partial charge in [-0.1, -0.05) is 115 Å². The van der Waals surface area contributed by atoms with E-state index in [1.165, 1.54) is 75.9 Å². The van der Waals surface area contributed by atoms with E-state index in [0.29, 0.717) is 0 Å². The van der Waals surface area contributed by atoms with Crippen molar-refractivity contribution >= 4 is 104 Å². The summed E-state index contributed by atoms with van der Waals surface area (Å²) in [6.07, 6.45) is 0. The maximum atomic E-state index is 5.60. The standard InChI is InChI=1S/C54H31N5/c1-2-16-35(17-3-1)57-44-23-11-6-18-36(44)39-29-34(26-27-47(39)57)52-54(56-43-22-10-9-21-42(43)55-52)59-48-30-33-15-5-4-14-32(33)28-41(48)50-49(59)31-40-37-19-7-12-24-45(37)58-46-25-13-8-20-38(46)51(50)53(40)58/h1-31H. The molecule has 5 heterocycles. The van der Waals surface area contributed by atoms with Gasteiger partial charge in [0.15, 0.2) is 5.82 Å². The molecule has 0 bridgehead atoms. The highest BCUT2D eigenvalue weighted by Gasteiger charge is 2.27. The molecule has 5 aromatic heterocycles. The summed E-state index contributed by atoms with van der Waals surface area (Å²) < 4.78 is 7.25. The highest BCUT2D eigenvalue weighted by Crippen LogP contribution is 2.48. The average Bonchev–Trinajstić information content (AvgIpc) is 4.01. The molecule has 0 saturated carbocycles. The number of benzene rings is 9. The molecule has 0 unspecified atom stereocenters. The molecule has 0 aliphatic heterocycles. The van der Waals surface area contributed by atoms with Crippen LogP contribution in [0.3, 0.4) is 0 Å². The Morgan fingerprint density at radius 2 is 0.949 bits per heavy atom. The number of nitrogens with zero attached hydrogens (tertiary/aromatic N) is 5. The summed E-state index contributed by atoms with van der Waals surface area (Å²) in [4.78, 5) is 11.1. The molecule has 14 rings (SSSR count). The van der Waals surface area contributed by atoms with Crippen LogP contribution in [0.1, 0.15) is 0 Å². The zero-order valence-electron chi connectivity index (χ0n) is 31.6. The molecule has 0 radical (unpaired) electrons. The maximum Gasteiger partial charge on any atom is 0.165 e. The minimum absolute atomic E-state index is 0.812. The number of rotatable bonds is 3. The van der Waals surface area contributed by atoms with E-state index in [4.69, 9.17) is 9.97 Å². The van der Waals surface area contributed by atoms with Crippen molar-refractivity contribution in [3.05, 3.63) is 188 Å². The van der Waals surface area contributed by atoms with Crippen molar-refractivity contribution in [1.82, 2.24) is 23.5 Å². The van der Waals surface area contributed by atoms with E-state index in [1.54, 1.807) is 0 Å². The van der Waals surface area contributed by atoms with Crippen molar-refractivity contribution in [1.29, 1.82) is 0 Å². The highest BCUT2D eigenvalue weighted by atomic mass is 15.1. The van der Waals surface area contributed by atoms with E-state index in [-0.39, 0.29) is 0 Å². The summed E-state index contributed by atoms with van der Waals surface area (Å²) in [5.74, 6) is 0.812. The van der Waals surface area contributed by atoms with Crippen molar-refractivity contribution in [3.8, 4) is 22.8 Å². The van der Waals surface area contributed by atoms with Gasteiger partial charge < -0.3 is 8.97 Å². The molecule has 0 spiro atoms. The minimum Gasteiger partial charge on any atom is -0.309 e. The summed E-state index contributed by atoms with van der Waals surface area (Å²) >= 11 is 0. The normalized spacial score (nSPS) is 12.4. The van der Waals surface area contributed by atoms with Gasteiger partial charge in [-0.15, -0.1) is 0 Å². The third-order valence-corrected chi connectivity index (χ3v) is 12.7. The second-order valence-electron chi connectivity index (χ2n) is 15.8. The quantitative estimate of drug-likeness (QED) is 0.180. The number of aromatic nitrogens is 5. The van der Waals surface area contributed by atoms with Gasteiger partial charge in [0.2, 0.25) is 0 Å². The number of para-hydroxylation sites is 6. The SMILES string of the molecule is c1ccc(-n2c3ccccc3c3cc(-c4nc5ccccc5nc4-n4c5cc6ccccc6cc5c5c6c7ccccc7n7c8ccccc8c(cc54)c67)ccc32)cc1. The first-order valence-corrected chi connectivity index (χ1v) is 20.2. The number of hydrogen-bond donors (Lipinski definition) is 0. The minimum atomic E-state index is 0.812. The molecule has 0 aliphatic rings. The molecule has 0 fully saturated rings. The number of hydrogen-bond acceptors (Lipinski definition) is 2. The summed E-state index contributed by atoms with van der Waals surface area (Å²) in [7, 11) is 0. The van der Waals surface area contributed by atoms with Crippen molar-refractivity contribution in [2.45, 2.75) is 0 Å². The van der Waals surface area contributed by atoms with Crippen LogP contribution >= 0.6 is 0 Å². The van der Waals surface area contributed by atoms with Gasteiger partial charge in [0.05, 0.1) is 49.7 Å². The smallest absolute Gasteiger partial charge is 0.165 e. The van der Waals surface area contributed by atoms with Crippen LogP contribution in [0.15, 0.2) is 188 Å². The molecule has 0 aliphatic carbocycles. The molecule has 272 valence electrons. The summed E-state index contributed by atoms with van der Waals surface area (Å²) in [6, 6.07) is 68.0. The molecule has 9 aromatic carbocycles. The molecular formula is C54H31N5. The predicted molar refractivity (Wildman–Crippen MR) is 246 cm³/mol. The second-order valence-corrected chi connectivity index (χ2v) is 15.8. The lowest BCUT2D eigenvalue weighted by atomic mass is 10.0. The zero-order valence-corrected chi connectivity index (χ0v) is 31.6. The van der Waals surface area contributed by atoms with Crippen LogP contribution in [0, 0.1) is 0 Å². The Morgan fingerprint density at radius 1 is 0.339 bits per heavy atom. The number of fused-ring (bicyclic) bond motifs is 15. The lowest BCUT2D eigenvalue weighted by Crippen LogP contribution is -2.04. The van der Waals surface area contributed by atoms with Crippen LogP contribution in [-0.4, -0.2) is 23.5 Å². The lowest BCUT2D eigenvalue weighted by Gasteiger charge is -2.14. The first-order chi connectivity index (χ1) is 29.3. The van der Waals surface area contributed by atoms with Gasteiger partial charge in [-0.05, 0) is 83.6 Å². The van der Waals surface area contributed by atoms with Crippen LogP contribution in [0.4, 0.5) is 0 Å². The Labute approximate surface area is 336 Å². The Morgan fingerprint density at radius 3 is 1.75 bits per heavy atom. The van der Waals surface area contributed by atoms with Gasteiger partial charge in [0.1, 0.15) is 5.69 Å². The van der Waals surface area contributed by atoms with Gasteiger partial charge in [0.25, 0.3) is 0 Å². The molecule has 5 nitrogen and oxygen atoms in total. The lowest BCUT2D eigenvalue weighted by molar-refractivity contribution is 1.08. The van der Waals surface area contributed by atoms with E-state index < -0.39 is 0 Å². The van der Waals surface area contributed by atoms with Crippen molar-refractivity contribution < 1.29 is 0 Å². The van der Waals surface area contributed by atoms with E-state index >= 15 is 0 Å². The molecule has 0 amide bonds. The average molecular weight is 750 g/mol. The molecule has 0 atom stereocenters. The zero-order chi connectivity index (χ0) is 38.3. The van der Waals surface area contributed by atoms with Gasteiger partial charge in [-0.25, -0.2) is 9.97 Å². The van der Waals surface area contributed by atoms with Crippen molar-refractivity contribution in [2.24, 2.45) is 0 Å². The van der Waals surface area contributed by atoms with Crippen molar-refractivity contribution in [2.75, 3.05) is 0 Å². The van der Waals surface area contributed by atoms with E-state index in [1.807, 2.05) is 0 Å². The summed E-state index contributed by atoms with van der Waals surface area (Å²) in [6.45, 7) is 0. The molecular weight excluding hydrogens is 719 g/mol. The molecule has 5 heteroatoms. The Hall–Kier alpha value is -8.02. The van der Waals surface area contributed by atoms with E-state index in [0.717, 1.165) is 50.3 Å². The first-order valence-electron chi connectivity index (χ1n) is 20.2. The highest BCUT2D eigenvalue weighted by molar-refractivity contribution is 6.36. The Kier molecular flexibility index (Phi) is 5.96. The molecule has 59 heavy (non-hydrogen) atoms. The van der Waals surface area contributed by atoms with Crippen LogP contribution in [0.2, 0.25) is 0 Å². The first kappa shape index (κ1) is 31.1. The van der Waals surface area contributed by atoms with Crippen LogP contribution in [0.5, 0.6) is 0 Å². The molecule has 0 N–H and O–H groups in total. The fourth-order valence-corrected chi connectivity index (χ4v) is 10.2. The van der Waals surface area contributed by atoms with Crippen LogP contribution in [-0.2, 0) is 0 Å². The maximum absolute atomic E-state index is 5.60. The van der Waals surface area contributed by atoms with Gasteiger partial charge in [-0.2, -0.15) is 0 Å². The summed E-state index contributed by atoms with van der Waals surface area (Å²) in [5, 5.41) is 12.2. The van der Waals surface area contributed by atoms with Gasteiger partial charge >= 0.3 is 0 Å². The molecule has 14 aromatic rings. The van der Waals surface area contributed by atoms with E-state index in [9.17, 15) is 0 Å². The largest absolute Gasteiger partial charge is 0.309 e.